The zero-order valence-electron chi connectivity index (χ0n) is 12.5. The van der Waals surface area contributed by atoms with Gasteiger partial charge in [0, 0.05) is 29.7 Å². The van der Waals surface area contributed by atoms with Crippen LogP contribution in [0.4, 0.5) is 0 Å². The van der Waals surface area contributed by atoms with E-state index in [1.807, 2.05) is 20.8 Å². The Morgan fingerprint density at radius 3 is 2.45 bits per heavy atom. The van der Waals surface area contributed by atoms with Gasteiger partial charge in [-0.15, -0.1) is 0 Å². The van der Waals surface area contributed by atoms with E-state index in [4.69, 9.17) is 22.1 Å². The number of rotatable bonds is 6. The molecule has 0 aliphatic rings. The van der Waals surface area contributed by atoms with Crippen molar-refractivity contribution in [3.8, 4) is 5.75 Å². The first kappa shape index (κ1) is 16.8. The number of amides is 1. The lowest BCUT2D eigenvalue weighted by Crippen LogP contribution is -2.40. The lowest BCUT2D eigenvalue weighted by atomic mass is 10.1. The highest BCUT2D eigenvalue weighted by Gasteiger charge is 2.21. The zero-order chi connectivity index (χ0) is 15.3. The predicted octanol–water partition coefficient (Wildman–Crippen LogP) is 3.00. The van der Waals surface area contributed by atoms with Gasteiger partial charge in [-0.1, -0.05) is 11.6 Å². The van der Waals surface area contributed by atoms with Gasteiger partial charge in [0.2, 0.25) is 0 Å². The Kier molecular flexibility index (Phi) is 6.30. The summed E-state index contributed by atoms with van der Waals surface area (Å²) in [5.41, 5.74) is 6.72. The minimum Gasteiger partial charge on any atom is -0.481 e. The first-order valence-electron chi connectivity index (χ1n) is 6.91. The summed E-state index contributed by atoms with van der Waals surface area (Å²) >= 11 is 5.97. The second kappa shape index (κ2) is 7.50. The molecule has 0 aromatic heterocycles. The number of benzene rings is 1. The van der Waals surface area contributed by atoms with Crippen LogP contribution in [0.3, 0.4) is 0 Å². The summed E-state index contributed by atoms with van der Waals surface area (Å²) in [6.07, 6.45) is -0.548. The number of hydrogen-bond donors (Lipinski definition) is 1. The van der Waals surface area contributed by atoms with Gasteiger partial charge in [-0.05, 0) is 45.9 Å². The van der Waals surface area contributed by atoms with Crippen LogP contribution in [0.25, 0.3) is 0 Å². The molecule has 2 atom stereocenters. The third kappa shape index (κ3) is 4.12. The van der Waals surface area contributed by atoms with Gasteiger partial charge in [0.1, 0.15) is 5.75 Å². The highest BCUT2D eigenvalue weighted by Crippen LogP contribution is 2.28. The van der Waals surface area contributed by atoms with Crippen molar-refractivity contribution in [2.24, 2.45) is 5.73 Å². The Balaban J connectivity index is 2.90. The Hall–Kier alpha value is -1.26. The van der Waals surface area contributed by atoms with Crippen LogP contribution >= 0.6 is 11.6 Å². The smallest absolute Gasteiger partial charge is 0.263 e. The second-order valence-corrected chi connectivity index (χ2v) is 5.18. The Morgan fingerprint density at radius 2 is 1.95 bits per heavy atom. The molecular weight excluding hydrogens is 276 g/mol. The molecule has 0 heterocycles. The zero-order valence-corrected chi connectivity index (χ0v) is 13.3. The molecular formula is C15H23ClN2O2. The topological polar surface area (TPSA) is 55.6 Å². The molecule has 0 fully saturated rings. The molecule has 112 valence electrons. The van der Waals surface area contributed by atoms with Gasteiger partial charge in [0.25, 0.3) is 5.91 Å². The van der Waals surface area contributed by atoms with Crippen molar-refractivity contribution in [2.45, 2.75) is 39.8 Å². The van der Waals surface area contributed by atoms with Crippen LogP contribution in [-0.2, 0) is 4.79 Å². The molecule has 1 amide bonds. The summed E-state index contributed by atoms with van der Waals surface area (Å²) in [6, 6.07) is 5.06. The van der Waals surface area contributed by atoms with E-state index in [1.54, 1.807) is 30.0 Å². The average molecular weight is 299 g/mol. The first-order valence-corrected chi connectivity index (χ1v) is 7.28. The molecule has 2 N–H and O–H groups in total. The van der Waals surface area contributed by atoms with Gasteiger partial charge in [-0.2, -0.15) is 0 Å². The van der Waals surface area contributed by atoms with Crippen LogP contribution < -0.4 is 10.5 Å². The molecule has 1 aromatic carbocycles. The van der Waals surface area contributed by atoms with Crippen LogP contribution in [-0.4, -0.2) is 30.0 Å². The van der Waals surface area contributed by atoms with Gasteiger partial charge in [-0.3, -0.25) is 4.79 Å². The number of carbonyl (C=O) groups is 1. The Bertz CT molecular complexity index is 459. The average Bonchev–Trinajstić information content (AvgIpc) is 2.41. The van der Waals surface area contributed by atoms with Crippen LogP contribution in [0.5, 0.6) is 5.75 Å². The summed E-state index contributed by atoms with van der Waals surface area (Å²) in [5, 5.41) is 0.604. The quantitative estimate of drug-likeness (QED) is 0.878. The highest BCUT2D eigenvalue weighted by molar-refractivity contribution is 6.30. The molecule has 4 nitrogen and oxygen atoms in total. The molecule has 1 rings (SSSR count). The van der Waals surface area contributed by atoms with Crippen molar-refractivity contribution in [1.82, 2.24) is 4.90 Å². The Morgan fingerprint density at radius 1 is 1.35 bits per heavy atom. The van der Waals surface area contributed by atoms with E-state index in [1.165, 1.54) is 0 Å². The molecule has 0 saturated carbocycles. The lowest BCUT2D eigenvalue weighted by molar-refractivity contribution is -0.137. The fourth-order valence-corrected chi connectivity index (χ4v) is 2.20. The summed E-state index contributed by atoms with van der Waals surface area (Å²) in [5.74, 6) is 0.581. The minimum atomic E-state index is -0.548. The van der Waals surface area contributed by atoms with E-state index in [-0.39, 0.29) is 11.9 Å². The third-order valence-corrected chi connectivity index (χ3v) is 3.42. The van der Waals surface area contributed by atoms with Gasteiger partial charge in [0.15, 0.2) is 6.10 Å². The number of nitrogens with zero attached hydrogens (tertiary/aromatic N) is 1. The van der Waals surface area contributed by atoms with E-state index in [2.05, 4.69) is 0 Å². The van der Waals surface area contributed by atoms with E-state index in [0.29, 0.717) is 23.9 Å². The van der Waals surface area contributed by atoms with Gasteiger partial charge in [-0.25, -0.2) is 0 Å². The van der Waals surface area contributed by atoms with Crippen molar-refractivity contribution < 1.29 is 9.53 Å². The molecule has 1 unspecified atom stereocenters. The van der Waals surface area contributed by atoms with Crippen molar-refractivity contribution >= 4 is 17.5 Å². The molecule has 0 aliphatic heterocycles. The lowest BCUT2D eigenvalue weighted by Gasteiger charge is -2.24. The predicted molar refractivity (Wildman–Crippen MR) is 82.1 cm³/mol. The van der Waals surface area contributed by atoms with Crippen molar-refractivity contribution in [3.63, 3.8) is 0 Å². The monoisotopic (exact) mass is 298 g/mol. The van der Waals surface area contributed by atoms with E-state index in [0.717, 1.165) is 5.56 Å². The Labute approximate surface area is 125 Å². The fraction of sp³-hybridized carbons (Fsp3) is 0.533. The van der Waals surface area contributed by atoms with Crippen molar-refractivity contribution in [1.29, 1.82) is 0 Å². The van der Waals surface area contributed by atoms with E-state index < -0.39 is 6.10 Å². The van der Waals surface area contributed by atoms with Crippen LogP contribution in [0.1, 0.15) is 39.3 Å². The number of ether oxygens (including phenoxy) is 1. The number of likely N-dealkylation sites (N-methyl/N-ethyl adjacent to an activating group) is 1. The SMILES string of the molecule is CCN(CC)C(=O)C(C)Oc1ccc(Cl)cc1[C@H](C)N. The highest BCUT2D eigenvalue weighted by atomic mass is 35.5. The molecule has 20 heavy (non-hydrogen) atoms. The van der Waals surface area contributed by atoms with E-state index in [9.17, 15) is 4.79 Å². The van der Waals surface area contributed by atoms with Crippen LogP contribution in [0.15, 0.2) is 18.2 Å². The number of nitrogens with two attached hydrogens (primary N) is 1. The third-order valence-electron chi connectivity index (χ3n) is 3.19. The molecule has 5 heteroatoms. The first-order chi connectivity index (χ1) is 9.40. The molecule has 1 aromatic rings. The summed E-state index contributed by atoms with van der Waals surface area (Å²) in [6.45, 7) is 8.84. The fourth-order valence-electron chi connectivity index (χ4n) is 2.02. The summed E-state index contributed by atoms with van der Waals surface area (Å²) < 4.78 is 5.78. The van der Waals surface area contributed by atoms with Gasteiger partial charge >= 0.3 is 0 Å². The van der Waals surface area contributed by atoms with E-state index >= 15 is 0 Å². The minimum absolute atomic E-state index is 0.0272. The number of carbonyl (C=O) groups excluding carboxylic acids is 1. The molecule has 0 bridgehead atoms. The van der Waals surface area contributed by atoms with Gasteiger partial charge in [0.05, 0.1) is 0 Å². The number of halogens is 1. The standard InChI is InChI=1S/C15H23ClN2O2/c1-5-18(6-2)15(19)11(4)20-14-8-7-12(16)9-13(14)10(3)17/h7-11H,5-6,17H2,1-4H3/t10-,11?/m0/s1. The van der Waals surface area contributed by atoms with Crippen molar-refractivity contribution in [2.75, 3.05) is 13.1 Å². The normalized spacial score (nSPS) is 13.7. The van der Waals surface area contributed by atoms with Gasteiger partial charge < -0.3 is 15.4 Å². The molecule has 0 aliphatic carbocycles. The second-order valence-electron chi connectivity index (χ2n) is 4.74. The molecule has 0 spiro atoms. The van der Waals surface area contributed by atoms with Crippen molar-refractivity contribution in [3.05, 3.63) is 28.8 Å². The molecule has 0 saturated heterocycles. The largest absolute Gasteiger partial charge is 0.481 e. The maximum absolute atomic E-state index is 12.2. The molecule has 0 radical (unpaired) electrons. The van der Waals surface area contributed by atoms with Crippen LogP contribution in [0, 0.1) is 0 Å². The maximum Gasteiger partial charge on any atom is 0.263 e. The van der Waals surface area contributed by atoms with Crippen LogP contribution in [0.2, 0.25) is 5.02 Å². The maximum atomic E-state index is 12.2. The summed E-state index contributed by atoms with van der Waals surface area (Å²) in [7, 11) is 0. The number of hydrogen-bond acceptors (Lipinski definition) is 3. The summed E-state index contributed by atoms with van der Waals surface area (Å²) in [4.78, 5) is 13.9.